The van der Waals surface area contributed by atoms with Gasteiger partial charge < -0.3 is 9.15 Å². The van der Waals surface area contributed by atoms with Crippen molar-refractivity contribution in [2.24, 2.45) is 0 Å². The summed E-state index contributed by atoms with van der Waals surface area (Å²) in [5, 5.41) is 12.6. The fourth-order valence-electron chi connectivity index (χ4n) is 2.41. The van der Waals surface area contributed by atoms with E-state index in [9.17, 15) is 0 Å². The van der Waals surface area contributed by atoms with Gasteiger partial charge in [0.05, 0.1) is 19.4 Å². The number of rotatable bonds is 6. The van der Waals surface area contributed by atoms with Gasteiger partial charge in [-0.3, -0.25) is 0 Å². The quantitative estimate of drug-likeness (QED) is 0.493. The van der Waals surface area contributed by atoms with E-state index in [0.29, 0.717) is 18.2 Å². The van der Waals surface area contributed by atoms with Crippen molar-refractivity contribution in [1.82, 2.24) is 25.2 Å². The Morgan fingerprint density at radius 3 is 2.76 bits per heavy atom. The van der Waals surface area contributed by atoms with Crippen molar-refractivity contribution in [3.05, 3.63) is 60.0 Å². The molecule has 7 nitrogen and oxygen atoms in total. The van der Waals surface area contributed by atoms with Crippen LogP contribution in [-0.4, -0.2) is 32.3 Å². The van der Waals surface area contributed by atoms with Crippen LogP contribution in [0.2, 0.25) is 0 Å². The van der Waals surface area contributed by atoms with Crippen molar-refractivity contribution in [1.29, 1.82) is 0 Å². The van der Waals surface area contributed by atoms with Gasteiger partial charge in [-0.05, 0) is 40.3 Å². The van der Waals surface area contributed by atoms with Gasteiger partial charge in [0.1, 0.15) is 11.3 Å². The number of thioether (sulfide) groups is 1. The molecular formula is C17H15N5O2S. The maximum absolute atomic E-state index is 5.73. The van der Waals surface area contributed by atoms with E-state index < -0.39 is 0 Å². The molecule has 0 bridgehead atoms. The number of nitrogens with zero attached hydrogens (tertiary/aromatic N) is 5. The highest BCUT2D eigenvalue weighted by Gasteiger charge is 2.11. The maximum atomic E-state index is 5.73. The van der Waals surface area contributed by atoms with Crippen LogP contribution >= 0.6 is 11.8 Å². The summed E-state index contributed by atoms with van der Waals surface area (Å²) < 4.78 is 12.7. The average Bonchev–Trinajstić information content (AvgIpc) is 3.26. The van der Waals surface area contributed by atoms with E-state index in [1.165, 1.54) is 11.8 Å². The minimum Gasteiger partial charge on any atom is -0.497 e. The van der Waals surface area contributed by atoms with Crippen LogP contribution in [0.15, 0.2) is 58.1 Å². The normalized spacial score (nSPS) is 11.1. The summed E-state index contributed by atoms with van der Waals surface area (Å²) in [6.07, 6.45) is 0. The smallest absolute Gasteiger partial charge is 0.210 e. The van der Waals surface area contributed by atoms with Gasteiger partial charge in [-0.15, -0.1) is 5.10 Å². The topological polar surface area (TPSA) is 78.9 Å². The Hall–Kier alpha value is -2.87. The number of ether oxygens (including phenoxy) is 1. The van der Waals surface area contributed by atoms with Crippen molar-refractivity contribution < 1.29 is 9.15 Å². The van der Waals surface area contributed by atoms with Gasteiger partial charge >= 0.3 is 0 Å². The Bertz CT molecular complexity index is 947. The molecule has 0 aliphatic heterocycles. The van der Waals surface area contributed by atoms with Gasteiger partial charge in [0.25, 0.3) is 0 Å². The summed E-state index contributed by atoms with van der Waals surface area (Å²) in [4.78, 5) is 4.47. The van der Waals surface area contributed by atoms with Gasteiger partial charge in [0.15, 0.2) is 5.58 Å². The standard InChI is InChI=1S/C17H15N5O2S/c1-23-13-8-6-12(7-9-13)10-22-17(19-20-21-22)25-11-16-18-14-4-2-3-5-15(14)24-16/h2-9H,10-11H2,1H3. The Kier molecular flexibility index (Phi) is 4.34. The fraction of sp³-hybridized carbons (Fsp3) is 0.176. The van der Waals surface area contributed by atoms with Crippen LogP contribution in [-0.2, 0) is 12.3 Å². The minimum absolute atomic E-state index is 0.567. The first-order valence-electron chi connectivity index (χ1n) is 7.68. The number of fused-ring (bicyclic) bond motifs is 1. The van der Waals surface area contributed by atoms with Gasteiger partial charge in [0.2, 0.25) is 11.0 Å². The number of oxazole rings is 1. The monoisotopic (exact) mass is 353 g/mol. The zero-order valence-electron chi connectivity index (χ0n) is 13.5. The zero-order valence-corrected chi connectivity index (χ0v) is 14.3. The second kappa shape index (κ2) is 6.94. The molecule has 0 radical (unpaired) electrons. The fourth-order valence-corrected chi connectivity index (χ4v) is 3.13. The molecule has 0 N–H and O–H groups in total. The lowest BCUT2D eigenvalue weighted by atomic mass is 10.2. The Morgan fingerprint density at radius 2 is 1.96 bits per heavy atom. The van der Waals surface area contributed by atoms with Crippen molar-refractivity contribution in [3.8, 4) is 5.75 Å². The molecule has 0 spiro atoms. The lowest BCUT2D eigenvalue weighted by molar-refractivity contribution is 0.414. The second-order valence-electron chi connectivity index (χ2n) is 5.33. The van der Waals surface area contributed by atoms with E-state index in [4.69, 9.17) is 9.15 Å². The number of aromatic nitrogens is 5. The Morgan fingerprint density at radius 1 is 1.12 bits per heavy atom. The lowest BCUT2D eigenvalue weighted by Gasteiger charge is -2.05. The summed E-state index contributed by atoms with van der Waals surface area (Å²) in [7, 11) is 1.65. The molecule has 126 valence electrons. The number of benzene rings is 2. The van der Waals surface area contributed by atoms with Crippen LogP contribution in [0.4, 0.5) is 0 Å². The van der Waals surface area contributed by atoms with E-state index in [1.807, 2.05) is 48.5 Å². The SMILES string of the molecule is COc1ccc(Cn2nnnc2SCc2nc3ccccc3o2)cc1. The van der Waals surface area contributed by atoms with Gasteiger partial charge in [0, 0.05) is 0 Å². The van der Waals surface area contributed by atoms with E-state index in [2.05, 4.69) is 20.5 Å². The molecule has 25 heavy (non-hydrogen) atoms. The molecule has 0 aliphatic rings. The summed E-state index contributed by atoms with van der Waals surface area (Å²) in [5.41, 5.74) is 2.74. The molecule has 0 saturated heterocycles. The van der Waals surface area contributed by atoms with Crippen LogP contribution in [0.5, 0.6) is 5.75 Å². The zero-order chi connectivity index (χ0) is 17.1. The van der Waals surface area contributed by atoms with Gasteiger partial charge in [-0.25, -0.2) is 9.67 Å². The molecule has 8 heteroatoms. The third-order valence-electron chi connectivity index (χ3n) is 3.65. The van der Waals surface area contributed by atoms with Gasteiger partial charge in [-0.1, -0.05) is 36.0 Å². The van der Waals surface area contributed by atoms with Gasteiger partial charge in [-0.2, -0.15) is 0 Å². The molecule has 0 atom stereocenters. The van der Waals surface area contributed by atoms with Crippen molar-refractivity contribution >= 4 is 22.9 Å². The molecule has 2 heterocycles. The predicted molar refractivity (Wildman–Crippen MR) is 93.5 cm³/mol. The molecule has 2 aromatic carbocycles. The predicted octanol–water partition coefficient (Wildman–Crippen LogP) is 3.16. The Labute approximate surface area is 148 Å². The molecule has 0 unspecified atom stereocenters. The first kappa shape index (κ1) is 15.6. The summed E-state index contributed by atoms with van der Waals surface area (Å²) >= 11 is 1.49. The van der Waals surface area contributed by atoms with E-state index in [0.717, 1.165) is 27.6 Å². The maximum Gasteiger partial charge on any atom is 0.210 e. The third kappa shape index (κ3) is 3.48. The van der Waals surface area contributed by atoms with Crippen molar-refractivity contribution in [2.45, 2.75) is 17.5 Å². The van der Waals surface area contributed by atoms with Crippen LogP contribution < -0.4 is 4.74 Å². The number of methoxy groups -OCH3 is 1. The highest BCUT2D eigenvalue weighted by molar-refractivity contribution is 7.98. The van der Waals surface area contributed by atoms with Crippen LogP contribution in [0.3, 0.4) is 0 Å². The molecule has 0 amide bonds. The van der Waals surface area contributed by atoms with Crippen molar-refractivity contribution in [3.63, 3.8) is 0 Å². The van der Waals surface area contributed by atoms with E-state index in [-0.39, 0.29) is 0 Å². The summed E-state index contributed by atoms with van der Waals surface area (Å²) in [6.45, 7) is 0.590. The Balaban J connectivity index is 1.45. The molecule has 0 saturated carbocycles. The van der Waals surface area contributed by atoms with E-state index in [1.54, 1.807) is 11.8 Å². The third-order valence-corrected chi connectivity index (χ3v) is 4.60. The molecule has 2 aromatic heterocycles. The van der Waals surface area contributed by atoms with E-state index >= 15 is 0 Å². The number of para-hydroxylation sites is 2. The first-order valence-corrected chi connectivity index (χ1v) is 8.67. The summed E-state index contributed by atoms with van der Waals surface area (Å²) in [5.74, 6) is 2.05. The first-order chi connectivity index (χ1) is 12.3. The molecule has 4 aromatic rings. The minimum atomic E-state index is 0.567. The van der Waals surface area contributed by atoms with Crippen LogP contribution in [0.25, 0.3) is 11.1 Å². The molecular weight excluding hydrogens is 338 g/mol. The summed E-state index contributed by atoms with van der Waals surface area (Å²) in [6, 6.07) is 15.5. The molecule has 0 fully saturated rings. The van der Waals surface area contributed by atoms with Crippen molar-refractivity contribution in [2.75, 3.05) is 7.11 Å². The molecule has 4 rings (SSSR count). The largest absolute Gasteiger partial charge is 0.497 e. The van der Waals surface area contributed by atoms with Crippen LogP contribution in [0, 0.1) is 0 Å². The molecule has 0 aliphatic carbocycles. The number of tetrazole rings is 1. The van der Waals surface area contributed by atoms with Crippen LogP contribution in [0.1, 0.15) is 11.5 Å². The highest BCUT2D eigenvalue weighted by Crippen LogP contribution is 2.23. The number of hydrogen-bond donors (Lipinski definition) is 0. The highest BCUT2D eigenvalue weighted by atomic mass is 32.2. The average molecular weight is 353 g/mol. The number of hydrogen-bond acceptors (Lipinski definition) is 7. The second-order valence-corrected chi connectivity index (χ2v) is 6.27. The lowest BCUT2D eigenvalue weighted by Crippen LogP contribution is -2.04.